The molecule has 0 spiro atoms. The summed E-state index contributed by atoms with van der Waals surface area (Å²) in [5.41, 5.74) is 4.01. The van der Waals surface area contributed by atoms with Crippen LogP contribution in [0.2, 0.25) is 0 Å². The maximum Gasteiger partial charge on any atom is 0.263 e. The Morgan fingerprint density at radius 2 is 1.74 bits per heavy atom. The van der Waals surface area contributed by atoms with Gasteiger partial charge in [0.15, 0.2) is 0 Å². The number of aromatic nitrogens is 1. The van der Waals surface area contributed by atoms with E-state index in [1.807, 2.05) is 24.3 Å². The van der Waals surface area contributed by atoms with E-state index in [9.17, 15) is 13.2 Å². The summed E-state index contributed by atoms with van der Waals surface area (Å²) in [4.78, 5) is 20.3. The number of anilines is 1. The quantitative estimate of drug-likeness (QED) is 0.281. The van der Waals surface area contributed by atoms with Crippen LogP contribution in [0.1, 0.15) is 15.9 Å². The number of halogens is 2. The van der Waals surface area contributed by atoms with Gasteiger partial charge >= 0.3 is 0 Å². The second-order valence-corrected chi connectivity index (χ2v) is 12.3. The standard InChI is InChI=1S/C24H17Br2N3O3S2/c1-29-13-16-8-14(2-4-19(16)24(29)30)21-5-6-22(33-21)15-9-18(12-27-11-15)28-34(31,32)23-7-3-17(25)10-20(23)26/h2-12,28H,13H2,1H3. The van der Waals surface area contributed by atoms with Crippen LogP contribution >= 0.6 is 43.2 Å². The largest absolute Gasteiger partial charge is 0.337 e. The van der Waals surface area contributed by atoms with Crippen LogP contribution in [0, 0.1) is 0 Å². The van der Waals surface area contributed by atoms with Crippen LogP contribution < -0.4 is 4.72 Å². The lowest BCUT2D eigenvalue weighted by Crippen LogP contribution is -2.17. The Morgan fingerprint density at radius 1 is 0.971 bits per heavy atom. The Labute approximate surface area is 218 Å². The zero-order valence-electron chi connectivity index (χ0n) is 17.7. The number of hydrogen-bond acceptors (Lipinski definition) is 5. The summed E-state index contributed by atoms with van der Waals surface area (Å²) < 4.78 is 29.7. The van der Waals surface area contributed by atoms with Crippen molar-refractivity contribution in [1.82, 2.24) is 9.88 Å². The van der Waals surface area contributed by atoms with Gasteiger partial charge in [-0.2, -0.15) is 0 Å². The van der Waals surface area contributed by atoms with Gasteiger partial charge < -0.3 is 4.90 Å². The fraction of sp³-hybridized carbons (Fsp3) is 0.0833. The van der Waals surface area contributed by atoms with Crippen molar-refractivity contribution in [2.24, 2.45) is 0 Å². The number of hydrogen-bond donors (Lipinski definition) is 1. The Balaban J connectivity index is 1.41. The second-order valence-electron chi connectivity index (χ2n) is 7.84. The van der Waals surface area contributed by atoms with Crippen LogP contribution in [0.3, 0.4) is 0 Å². The second kappa shape index (κ2) is 8.92. The summed E-state index contributed by atoms with van der Waals surface area (Å²) in [6, 6.07) is 16.6. The first-order valence-electron chi connectivity index (χ1n) is 10.1. The zero-order valence-corrected chi connectivity index (χ0v) is 22.6. The van der Waals surface area contributed by atoms with Gasteiger partial charge in [-0.05, 0) is 75.6 Å². The summed E-state index contributed by atoms with van der Waals surface area (Å²) in [7, 11) is -2.00. The third-order valence-electron chi connectivity index (χ3n) is 5.44. The minimum Gasteiger partial charge on any atom is -0.337 e. The van der Waals surface area contributed by atoms with Crippen molar-refractivity contribution in [3.8, 4) is 20.9 Å². The molecule has 1 aliphatic rings. The molecule has 1 aliphatic heterocycles. The van der Waals surface area contributed by atoms with Gasteiger partial charge in [-0.3, -0.25) is 14.5 Å². The Hall–Kier alpha value is -2.53. The highest BCUT2D eigenvalue weighted by atomic mass is 79.9. The highest BCUT2D eigenvalue weighted by molar-refractivity contribution is 9.11. The molecule has 1 N–H and O–H groups in total. The molecule has 0 fully saturated rings. The number of nitrogens with one attached hydrogen (secondary N) is 1. The number of thiophene rings is 1. The van der Waals surface area contributed by atoms with E-state index in [-0.39, 0.29) is 10.8 Å². The fourth-order valence-electron chi connectivity index (χ4n) is 3.80. The maximum atomic E-state index is 12.9. The molecule has 2 aromatic heterocycles. The molecule has 5 rings (SSSR count). The number of carbonyl (C=O) groups is 1. The first-order chi connectivity index (χ1) is 16.2. The lowest BCUT2D eigenvalue weighted by molar-refractivity contribution is 0.0816. The van der Waals surface area contributed by atoms with E-state index in [4.69, 9.17) is 0 Å². The number of rotatable bonds is 5. The Bertz CT molecular complexity index is 1550. The first kappa shape index (κ1) is 23.2. The molecular weight excluding hydrogens is 602 g/mol. The maximum absolute atomic E-state index is 12.9. The van der Waals surface area contributed by atoms with Gasteiger partial charge in [-0.25, -0.2) is 8.42 Å². The van der Waals surface area contributed by atoms with Crippen molar-refractivity contribution in [2.75, 3.05) is 11.8 Å². The van der Waals surface area contributed by atoms with Gasteiger partial charge in [-0.1, -0.05) is 22.0 Å². The normalized spacial score (nSPS) is 13.3. The van der Waals surface area contributed by atoms with Crippen molar-refractivity contribution in [2.45, 2.75) is 11.4 Å². The van der Waals surface area contributed by atoms with E-state index in [0.717, 1.165) is 36.5 Å². The third kappa shape index (κ3) is 4.43. The van der Waals surface area contributed by atoms with E-state index in [1.54, 1.807) is 47.7 Å². The van der Waals surface area contributed by atoms with E-state index in [1.165, 1.54) is 12.3 Å². The van der Waals surface area contributed by atoms with Crippen molar-refractivity contribution < 1.29 is 13.2 Å². The van der Waals surface area contributed by atoms with Crippen molar-refractivity contribution in [1.29, 1.82) is 0 Å². The van der Waals surface area contributed by atoms with Crippen LogP contribution in [0.15, 0.2) is 80.8 Å². The molecule has 34 heavy (non-hydrogen) atoms. The molecule has 0 aliphatic carbocycles. The highest BCUT2D eigenvalue weighted by Crippen LogP contribution is 2.37. The topological polar surface area (TPSA) is 79.4 Å². The molecule has 2 aromatic carbocycles. The molecule has 0 radical (unpaired) electrons. The van der Waals surface area contributed by atoms with Crippen LogP contribution in [-0.4, -0.2) is 31.3 Å². The summed E-state index contributed by atoms with van der Waals surface area (Å²) in [5.74, 6) is 0.0499. The fourth-order valence-corrected chi connectivity index (χ4v) is 7.57. The summed E-state index contributed by atoms with van der Waals surface area (Å²) in [6.45, 7) is 0.612. The molecule has 1 amide bonds. The van der Waals surface area contributed by atoms with Crippen LogP contribution in [0.25, 0.3) is 20.9 Å². The van der Waals surface area contributed by atoms with Gasteiger partial charge in [0.25, 0.3) is 15.9 Å². The molecule has 0 unspecified atom stereocenters. The monoisotopic (exact) mass is 617 g/mol. The molecule has 172 valence electrons. The molecule has 0 bridgehead atoms. The van der Waals surface area contributed by atoms with Crippen molar-refractivity contribution in [3.05, 3.63) is 87.1 Å². The average molecular weight is 619 g/mol. The van der Waals surface area contributed by atoms with Crippen LogP contribution in [-0.2, 0) is 16.6 Å². The number of pyridine rings is 1. The predicted octanol–water partition coefficient (Wildman–Crippen LogP) is 6.39. The number of sulfonamides is 1. The zero-order chi connectivity index (χ0) is 24.0. The van der Waals surface area contributed by atoms with Gasteiger partial charge in [-0.15, -0.1) is 11.3 Å². The first-order valence-corrected chi connectivity index (χ1v) is 14.0. The summed E-state index contributed by atoms with van der Waals surface area (Å²) in [6.07, 6.45) is 3.19. The van der Waals surface area contributed by atoms with Gasteiger partial charge in [0.2, 0.25) is 0 Å². The van der Waals surface area contributed by atoms with Gasteiger partial charge in [0.1, 0.15) is 4.90 Å². The van der Waals surface area contributed by atoms with Crippen molar-refractivity contribution in [3.63, 3.8) is 0 Å². The minimum absolute atomic E-state index is 0.0499. The summed E-state index contributed by atoms with van der Waals surface area (Å²) >= 11 is 8.23. The molecule has 6 nitrogen and oxygen atoms in total. The number of fused-ring (bicyclic) bond motifs is 1. The summed E-state index contributed by atoms with van der Waals surface area (Å²) in [5, 5.41) is 0. The van der Waals surface area contributed by atoms with Gasteiger partial charge in [0.05, 0.1) is 11.9 Å². The number of benzene rings is 2. The Morgan fingerprint density at radius 3 is 2.50 bits per heavy atom. The Kier molecular flexibility index (Phi) is 6.09. The van der Waals surface area contributed by atoms with E-state index >= 15 is 0 Å². The van der Waals surface area contributed by atoms with E-state index in [2.05, 4.69) is 47.6 Å². The van der Waals surface area contributed by atoms with E-state index in [0.29, 0.717) is 16.7 Å². The number of carbonyl (C=O) groups excluding carboxylic acids is 1. The molecule has 0 saturated carbocycles. The number of amides is 1. The van der Waals surface area contributed by atoms with Crippen LogP contribution in [0.5, 0.6) is 0 Å². The van der Waals surface area contributed by atoms with Gasteiger partial charge in [0, 0.05) is 49.6 Å². The molecule has 0 saturated heterocycles. The average Bonchev–Trinajstić information content (AvgIpc) is 3.38. The van der Waals surface area contributed by atoms with Crippen molar-refractivity contribution >= 4 is 64.8 Å². The lowest BCUT2D eigenvalue weighted by atomic mass is 10.1. The molecule has 3 heterocycles. The molecule has 0 atom stereocenters. The predicted molar refractivity (Wildman–Crippen MR) is 141 cm³/mol. The molecule has 10 heteroatoms. The minimum atomic E-state index is -3.80. The lowest BCUT2D eigenvalue weighted by Gasteiger charge is -2.10. The van der Waals surface area contributed by atoms with E-state index < -0.39 is 10.0 Å². The van der Waals surface area contributed by atoms with Crippen LogP contribution in [0.4, 0.5) is 5.69 Å². The molecular formula is C24H17Br2N3O3S2. The molecule has 4 aromatic rings. The number of nitrogens with zero attached hydrogens (tertiary/aromatic N) is 2. The highest BCUT2D eigenvalue weighted by Gasteiger charge is 2.24. The smallest absolute Gasteiger partial charge is 0.263 e. The SMILES string of the molecule is CN1Cc2cc(-c3ccc(-c4cncc(NS(=O)(=O)c5ccc(Br)cc5Br)c4)s3)ccc2C1=O. The third-order valence-corrected chi connectivity index (χ3v) is 9.47.